The van der Waals surface area contributed by atoms with Gasteiger partial charge in [-0.05, 0) is 146 Å². The van der Waals surface area contributed by atoms with Crippen LogP contribution >= 0.6 is 45.3 Å². The number of hydrogen-bond acceptors (Lipinski definition) is 4. The van der Waals surface area contributed by atoms with Gasteiger partial charge in [-0.25, -0.2) is 0 Å². The van der Waals surface area contributed by atoms with Gasteiger partial charge in [-0.15, -0.1) is 45.3 Å². The highest BCUT2D eigenvalue weighted by Crippen LogP contribution is 2.37. The van der Waals surface area contributed by atoms with Gasteiger partial charge in [0.15, 0.2) is 0 Å². The maximum Gasteiger partial charge on any atom is 0.0793 e. The molecule has 0 bridgehead atoms. The molecule has 4 aromatic heterocycles. The highest BCUT2D eigenvalue weighted by molar-refractivity contribution is 7.28. The topological polar surface area (TPSA) is 0 Å². The van der Waals surface area contributed by atoms with Gasteiger partial charge in [-0.3, -0.25) is 0 Å². The first-order chi connectivity index (χ1) is 36.5. The zero-order valence-electron chi connectivity index (χ0n) is 44.2. The third-order valence-electron chi connectivity index (χ3n) is 14.1. The maximum absolute atomic E-state index is 3.77. The van der Waals surface area contributed by atoms with Gasteiger partial charge >= 0.3 is 0 Å². The predicted molar refractivity (Wildman–Crippen MR) is 329 cm³/mol. The van der Waals surface area contributed by atoms with Crippen molar-refractivity contribution in [2.24, 2.45) is 0 Å². The summed E-state index contributed by atoms with van der Waals surface area (Å²) < 4.78 is 5.37. The number of aryl methyl sites for hydroxylation is 4. The van der Waals surface area contributed by atoms with Gasteiger partial charge in [0.1, 0.15) is 0 Å². The zero-order valence-corrected chi connectivity index (χ0v) is 47.4. The van der Waals surface area contributed by atoms with Crippen molar-refractivity contribution in [1.82, 2.24) is 0 Å². The van der Waals surface area contributed by atoms with Gasteiger partial charge in [-0.2, -0.15) is 0 Å². The first-order valence-corrected chi connectivity index (χ1v) is 31.1. The Hall–Kier alpha value is -5.82. The summed E-state index contributed by atoms with van der Waals surface area (Å²) in [5, 5.41) is 4.31. The fourth-order valence-corrected chi connectivity index (χ4v) is 14.4. The Labute approximate surface area is 459 Å². The average Bonchev–Trinajstić information content (AvgIpc) is 4.20. The smallest absolute Gasteiger partial charge is 0.0793 e. The summed E-state index contributed by atoms with van der Waals surface area (Å²) in [5.74, 6) is 29.0. The molecule has 0 fully saturated rings. The molecule has 0 radical (unpaired) electrons. The lowest BCUT2D eigenvalue weighted by atomic mass is 9.90. The van der Waals surface area contributed by atoms with E-state index in [1.54, 1.807) is 0 Å². The molecular weight excluding hydrogens is 969 g/mol. The molecule has 74 heavy (non-hydrogen) atoms. The van der Waals surface area contributed by atoms with Crippen LogP contribution in [-0.2, 0) is 25.7 Å². The summed E-state index contributed by atoms with van der Waals surface area (Å²) in [7, 11) is 0. The van der Waals surface area contributed by atoms with Gasteiger partial charge in [0.2, 0.25) is 0 Å². The summed E-state index contributed by atoms with van der Waals surface area (Å²) in [6.07, 6.45) is 25.0. The number of benzene rings is 5. The molecule has 374 valence electrons. The largest absolute Gasteiger partial charge is 0.139 e. The second-order valence-corrected chi connectivity index (χ2v) is 24.5. The van der Waals surface area contributed by atoms with E-state index in [0.717, 1.165) is 77.5 Å². The first-order valence-electron chi connectivity index (χ1n) is 27.8. The number of rotatable bonds is 20. The molecule has 9 rings (SSSR count). The van der Waals surface area contributed by atoms with Crippen molar-refractivity contribution in [2.45, 2.75) is 156 Å². The molecule has 5 aromatic carbocycles. The Bertz CT molecular complexity index is 3270. The quantitative estimate of drug-likeness (QED) is 0.0405. The molecule has 0 saturated carbocycles. The van der Waals surface area contributed by atoms with Crippen LogP contribution in [0.1, 0.15) is 194 Å². The molecule has 0 nitrogen and oxygen atoms in total. The van der Waals surface area contributed by atoms with Crippen LogP contribution in [0.2, 0.25) is 0 Å². The van der Waals surface area contributed by atoms with Crippen LogP contribution in [0.15, 0.2) is 109 Å². The lowest BCUT2D eigenvalue weighted by molar-refractivity contribution is 0.667. The Morgan fingerprint density at radius 3 is 1.01 bits per heavy atom. The third kappa shape index (κ3) is 14.3. The van der Waals surface area contributed by atoms with Crippen molar-refractivity contribution in [3.8, 4) is 47.4 Å². The van der Waals surface area contributed by atoms with E-state index < -0.39 is 0 Å². The molecule has 0 N–H and O–H groups in total. The van der Waals surface area contributed by atoms with Crippen LogP contribution in [-0.4, -0.2) is 0 Å². The van der Waals surface area contributed by atoms with Crippen molar-refractivity contribution in [3.05, 3.63) is 173 Å². The predicted octanol–water partition coefficient (Wildman–Crippen LogP) is 20.6. The number of thiophene rings is 4. The normalized spacial score (nSPS) is 11.1. The van der Waals surface area contributed by atoms with E-state index in [1.165, 1.54) is 155 Å². The van der Waals surface area contributed by atoms with Crippen molar-refractivity contribution in [2.75, 3.05) is 0 Å². The highest BCUT2D eigenvalue weighted by atomic mass is 32.1. The summed E-state index contributed by atoms with van der Waals surface area (Å²) in [6, 6.07) is 40.4. The molecule has 0 aliphatic rings. The molecule has 4 heteroatoms. The standard InChI is InChI=1S/C70H70S4/c1-5-9-13-17-21-51-25-29-53(30-26-51)33-35-55-37-41-61-64(44-40-60-50-70-68(74-60)48-58(72-70)24-20-16-12-8-4)66-46-56(36-34-54-31-27-52(28-32-54)22-18-14-10-6-2)38-42-62(66)63(65(61)45-55)43-39-59-49-69-67(73-59)47-57(71-69)23-19-15-11-7-3/h25-32,37-38,41-42,45-50H,5-24H2,1-4H3. The minimum absolute atomic E-state index is 0.962. The molecule has 0 amide bonds. The molecule has 0 spiro atoms. The van der Waals surface area contributed by atoms with E-state index in [2.05, 4.69) is 184 Å². The van der Waals surface area contributed by atoms with Gasteiger partial charge in [0, 0.05) is 72.7 Å². The van der Waals surface area contributed by atoms with E-state index in [9.17, 15) is 0 Å². The minimum Gasteiger partial charge on any atom is -0.139 e. The Kier molecular flexibility index (Phi) is 19.4. The van der Waals surface area contributed by atoms with Crippen LogP contribution in [0.3, 0.4) is 0 Å². The summed E-state index contributed by atoms with van der Waals surface area (Å²) >= 11 is 7.50. The minimum atomic E-state index is 0.962. The molecule has 0 unspecified atom stereocenters. The Morgan fingerprint density at radius 1 is 0.284 bits per heavy atom. The molecule has 0 atom stereocenters. The van der Waals surface area contributed by atoms with Crippen LogP contribution in [0.25, 0.3) is 40.3 Å². The van der Waals surface area contributed by atoms with E-state index in [-0.39, 0.29) is 0 Å². The Morgan fingerprint density at radius 2 is 0.635 bits per heavy atom. The van der Waals surface area contributed by atoms with Crippen molar-refractivity contribution >= 4 is 85.7 Å². The average molecular weight is 1040 g/mol. The molecule has 0 aliphatic heterocycles. The van der Waals surface area contributed by atoms with E-state index in [0.29, 0.717) is 0 Å². The van der Waals surface area contributed by atoms with Crippen molar-refractivity contribution < 1.29 is 0 Å². The molecular formula is C70H70S4. The SMILES string of the molecule is CCCCCCc1ccc(C#Cc2ccc3c(C#Cc4cc5sc(CCCCCC)cc5s4)c4cc(C#Cc5ccc(CCCCCC)cc5)ccc4c(C#Cc4cc5sc(CCCCCC)cc5s4)c3c2)cc1. The van der Waals surface area contributed by atoms with Gasteiger partial charge < -0.3 is 0 Å². The van der Waals surface area contributed by atoms with Crippen LogP contribution in [0.5, 0.6) is 0 Å². The van der Waals surface area contributed by atoms with Crippen LogP contribution < -0.4 is 0 Å². The molecule has 0 aliphatic carbocycles. The molecule has 0 saturated heterocycles. The third-order valence-corrected chi connectivity index (χ3v) is 18.6. The highest BCUT2D eigenvalue weighted by Gasteiger charge is 2.15. The van der Waals surface area contributed by atoms with Crippen LogP contribution in [0, 0.1) is 47.4 Å². The molecule has 4 heterocycles. The monoisotopic (exact) mass is 1040 g/mol. The fourth-order valence-electron chi connectivity index (χ4n) is 9.80. The van der Waals surface area contributed by atoms with Crippen LogP contribution in [0.4, 0.5) is 0 Å². The van der Waals surface area contributed by atoms with E-state index in [1.807, 2.05) is 45.3 Å². The lowest BCUT2D eigenvalue weighted by Crippen LogP contribution is -1.93. The maximum atomic E-state index is 3.77. The van der Waals surface area contributed by atoms with Crippen molar-refractivity contribution in [3.63, 3.8) is 0 Å². The zero-order chi connectivity index (χ0) is 50.9. The second-order valence-electron chi connectivity index (χ2n) is 20.0. The first kappa shape index (κ1) is 53.0. The lowest BCUT2D eigenvalue weighted by Gasteiger charge is -2.12. The number of hydrogen-bond donors (Lipinski definition) is 0. The van der Waals surface area contributed by atoms with E-state index in [4.69, 9.17) is 0 Å². The summed E-state index contributed by atoms with van der Waals surface area (Å²) in [4.78, 5) is 5.16. The number of unbranched alkanes of at least 4 members (excludes halogenated alkanes) is 12. The summed E-state index contributed by atoms with van der Waals surface area (Å²) in [6.45, 7) is 9.10. The van der Waals surface area contributed by atoms with Gasteiger partial charge in [-0.1, -0.05) is 189 Å². The van der Waals surface area contributed by atoms with Gasteiger partial charge in [0.25, 0.3) is 0 Å². The van der Waals surface area contributed by atoms with E-state index >= 15 is 0 Å². The molecule has 9 aromatic rings. The summed E-state index contributed by atoms with van der Waals surface area (Å²) in [5.41, 5.74) is 8.75. The van der Waals surface area contributed by atoms with Crippen molar-refractivity contribution in [1.29, 1.82) is 0 Å². The fraction of sp³-hybridized carbons (Fsp3) is 0.343. The van der Waals surface area contributed by atoms with Gasteiger partial charge in [0.05, 0.1) is 9.75 Å². The second kappa shape index (κ2) is 27.1. The Balaban J connectivity index is 1.12. The number of fused-ring (bicyclic) bond motifs is 4.